The highest BCUT2D eigenvalue weighted by Crippen LogP contribution is 2.41. The number of para-hydroxylation sites is 1. The first-order valence-corrected chi connectivity index (χ1v) is 7.55. The molecule has 0 aromatic heterocycles. The fraction of sp³-hybridized carbons (Fsp3) is 0.353. The minimum Gasteiger partial charge on any atom is -0.311 e. The monoisotopic (exact) mass is 296 g/mol. The summed E-state index contributed by atoms with van der Waals surface area (Å²) < 4.78 is 0. The summed E-state index contributed by atoms with van der Waals surface area (Å²) in [5.74, 6) is -0.326. The molecule has 3 aliphatic rings. The first-order chi connectivity index (χ1) is 10.6. The average Bonchev–Trinajstić information content (AvgIpc) is 3.23. The normalized spacial score (nSPS) is 20.5. The van der Waals surface area contributed by atoms with Gasteiger partial charge in [-0.2, -0.15) is 0 Å². The van der Waals surface area contributed by atoms with Crippen LogP contribution in [0.3, 0.4) is 0 Å². The van der Waals surface area contributed by atoms with Gasteiger partial charge in [-0.1, -0.05) is 18.2 Å². The standard InChI is InChI=1S/C17H16N2O3/c1-18-14(20)9-13(17(18)22)12-4-2-3-10-7-8-19(15(10)12)16(21)11-5-6-11/h2-4,9,11H,5-8H2,1H3. The summed E-state index contributed by atoms with van der Waals surface area (Å²) >= 11 is 0. The van der Waals surface area contributed by atoms with E-state index in [1.54, 1.807) is 4.90 Å². The minimum atomic E-state index is -0.310. The van der Waals surface area contributed by atoms with E-state index in [0.717, 1.165) is 35.4 Å². The lowest BCUT2D eigenvalue weighted by molar-refractivity contribution is -0.134. The Balaban J connectivity index is 1.81. The molecule has 0 radical (unpaired) electrons. The van der Waals surface area contributed by atoms with E-state index in [4.69, 9.17) is 0 Å². The third-order valence-electron chi connectivity index (χ3n) is 4.61. The lowest BCUT2D eigenvalue weighted by Crippen LogP contribution is -2.31. The topological polar surface area (TPSA) is 57.7 Å². The van der Waals surface area contributed by atoms with Crippen LogP contribution in [0.1, 0.15) is 24.0 Å². The zero-order valence-electron chi connectivity index (χ0n) is 12.3. The Kier molecular flexibility index (Phi) is 2.73. The Morgan fingerprint density at radius 3 is 2.64 bits per heavy atom. The molecule has 5 nitrogen and oxygen atoms in total. The first-order valence-electron chi connectivity index (χ1n) is 7.55. The molecule has 2 heterocycles. The highest BCUT2D eigenvalue weighted by molar-refractivity contribution is 6.34. The van der Waals surface area contributed by atoms with Crippen LogP contribution in [-0.2, 0) is 20.8 Å². The summed E-state index contributed by atoms with van der Waals surface area (Å²) in [6.07, 6.45) is 4.08. The van der Waals surface area contributed by atoms with Crippen LogP contribution in [-0.4, -0.2) is 36.2 Å². The van der Waals surface area contributed by atoms with Crippen molar-refractivity contribution >= 4 is 29.0 Å². The second kappa shape index (κ2) is 4.53. The second-order valence-electron chi connectivity index (χ2n) is 6.09. The number of carbonyl (C=O) groups excluding carboxylic acids is 3. The van der Waals surface area contributed by atoms with Crippen LogP contribution in [0.25, 0.3) is 5.57 Å². The number of anilines is 1. The van der Waals surface area contributed by atoms with Crippen molar-refractivity contribution in [3.63, 3.8) is 0 Å². The summed E-state index contributed by atoms with van der Waals surface area (Å²) in [5.41, 5.74) is 2.98. The van der Waals surface area contributed by atoms with Gasteiger partial charge >= 0.3 is 0 Å². The van der Waals surface area contributed by atoms with Gasteiger partial charge in [-0.3, -0.25) is 19.3 Å². The van der Waals surface area contributed by atoms with Gasteiger partial charge in [0.05, 0.1) is 11.3 Å². The molecule has 1 fully saturated rings. The maximum absolute atomic E-state index is 12.5. The smallest absolute Gasteiger partial charge is 0.261 e. The number of likely N-dealkylation sites (N-methyl/N-ethyl adjacent to an activating group) is 1. The largest absolute Gasteiger partial charge is 0.311 e. The van der Waals surface area contributed by atoms with E-state index in [2.05, 4.69) is 0 Å². The molecule has 1 aliphatic carbocycles. The molecular formula is C17H16N2O3. The van der Waals surface area contributed by atoms with E-state index in [0.29, 0.717) is 17.7 Å². The van der Waals surface area contributed by atoms with Crippen molar-refractivity contribution in [2.75, 3.05) is 18.5 Å². The van der Waals surface area contributed by atoms with E-state index < -0.39 is 0 Å². The van der Waals surface area contributed by atoms with Gasteiger partial charge < -0.3 is 4.90 Å². The van der Waals surface area contributed by atoms with E-state index in [9.17, 15) is 14.4 Å². The fourth-order valence-corrected chi connectivity index (χ4v) is 3.20. The van der Waals surface area contributed by atoms with Crippen LogP contribution in [0, 0.1) is 5.92 Å². The van der Waals surface area contributed by atoms with Crippen molar-refractivity contribution in [3.05, 3.63) is 35.4 Å². The Hall–Kier alpha value is -2.43. The molecule has 1 aromatic carbocycles. The Labute approximate surface area is 128 Å². The zero-order chi connectivity index (χ0) is 15.4. The zero-order valence-corrected chi connectivity index (χ0v) is 12.3. The third kappa shape index (κ3) is 1.81. The van der Waals surface area contributed by atoms with E-state index in [1.165, 1.54) is 13.1 Å². The van der Waals surface area contributed by atoms with Crippen LogP contribution in [0.5, 0.6) is 0 Å². The minimum absolute atomic E-state index is 0.136. The fourth-order valence-electron chi connectivity index (χ4n) is 3.20. The summed E-state index contributed by atoms with van der Waals surface area (Å²) in [4.78, 5) is 39.4. The highest BCUT2D eigenvalue weighted by Gasteiger charge is 2.39. The highest BCUT2D eigenvalue weighted by atomic mass is 16.2. The van der Waals surface area contributed by atoms with E-state index >= 15 is 0 Å². The Morgan fingerprint density at radius 2 is 2.00 bits per heavy atom. The molecule has 0 bridgehead atoms. The summed E-state index contributed by atoms with van der Waals surface area (Å²) in [6, 6.07) is 5.70. The van der Waals surface area contributed by atoms with Gasteiger partial charge in [0.2, 0.25) is 5.91 Å². The molecule has 0 atom stereocenters. The molecule has 1 saturated carbocycles. The molecule has 2 aliphatic heterocycles. The lowest BCUT2D eigenvalue weighted by atomic mass is 10.00. The van der Waals surface area contributed by atoms with Gasteiger partial charge in [-0.25, -0.2) is 0 Å². The third-order valence-corrected chi connectivity index (χ3v) is 4.61. The molecule has 0 unspecified atom stereocenters. The summed E-state index contributed by atoms with van der Waals surface area (Å²) in [7, 11) is 1.48. The predicted molar refractivity (Wildman–Crippen MR) is 81.0 cm³/mol. The summed E-state index contributed by atoms with van der Waals surface area (Å²) in [6.45, 7) is 0.660. The Bertz CT molecular complexity index is 746. The van der Waals surface area contributed by atoms with Crippen molar-refractivity contribution < 1.29 is 14.4 Å². The Morgan fingerprint density at radius 1 is 1.23 bits per heavy atom. The number of hydrogen-bond donors (Lipinski definition) is 0. The first kappa shape index (κ1) is 13.2. The number of benzene rings is 1. The van der Waals surface area contributed by atoms with Gasteiger partial charge in [0, 0.05) is 31.1 Å². The van der Waals surface area contributed by atoms with Crippen molar-refractivity contribution in [2.24, 2.45) is 5.92 Å². The average molecular weight is 296 g/mol. The molecule has 22 heavy (non-hydrogen) atoms. The van der Waals surface area contributed by atoms with E-state index in [-0.39, 0.29) is 23.6 Å². The SMILES string of the molecule is CN1C(=O)C=C(c2cccc3c2N(C(=O)C2CC2)CC3)C1=O. The van der Waals surface area contributed by atoms with Crippen molar-refractivity contribution in [3.8, 4) is 0 Å². The molecule has 0 N–H and O–H groups in total. The second-order valence-corrected chi connectivity index (χ2v) is 6.09. The maximum Gasteiger partial charge on any atom is 0.261 e. The molecule has 0 saturated heterocycles. The molecule has 3 amide bonds. The number of rotatable bonds is 2. The van der Waals surface area contributed by atoms with Gasteiger partial charge in [-0.15, -0.1) is 0 Å². The van der Waals surface area contributed by atoms with Crippen LogP contribution in [0.2, 0.25) is 0 Å². The molecule has 0 spiro atoms. The summed E-state index contributed by atoms with van der Waals surface area (Å²) in [5, 5.41) is 0. The number of carbonyl (C=O) groups is 3. The number of amides is 3. The van der Waals surface area contributed by atoms with Crippen LogP contribution in [0.4, 0.5) is 5.69 Å². The van der Waals surface area contributed by atoms with Gasteiger partial charge in [0.1, 0.15) is 0 Å². The number of fused-ring (bicyclic) bond motifs is 1. The van der Waals surface area contributed by atoms with Gasteiger partial charge in [-0.05, 0) is 24.8 Å². The van der Waals surface area contributed by atoms with Crippen molar-refractivity contribution in [1.29, 1.82) is 0 Å². The maximum atomic E-state index is 12.5. The van der Waals surface area contributed by atoms with Crippen LogP contribution < -0.4 is 4.90 Å². The lowest BCUT2D eigenvalue weighted by Gasteiger charge is -2.20. The molecular weight excluding hydrogens is 280 g/mol. The van der Waals surface area contributed by atoms with E-state index in [1.807, 2.05) is 18.2 Å². The molecule has 1 aromatic rings. The number of nitrogens with zero attached hydrogens (tertiary/aromatic N) is 2. The quantitative estimate of drug-likeness (QED) is 0.774. The number of imide groups is 1. The van der Waals surface area contributed by atoms with Crippen molar-refractivity contribution in [1.82, 2.24) is 4.90 Å². The van der Waals surface area contributed by atoms with Crippen molar-refractivity contribution in [2.45, 2.75) is 19.3 Å². The van der Waals surface area contributed by atoms with Crippen LogP contribution >= 0.6 is 0 Å². The molecule has 5 heteroatoms. The number of hydrogen-bond acceptors (Lipinski definition) is 3. The van der Waals surface area contributed by atoms with Gasteiger partial charge in [0.25, 0.3) is 11.8 Å². The van der Waals surface area contributed by atoms with Gasteiger partial charge in [0.15, 0.2) is 0 Å². The molecule has 112 valence electrons. The predicted octanol–water partition coefficient (Wildman–Crippen LogP) is 1.37. The van der Waals surface area contributed by atoms with Crippen LogP contribution in [0.15, 0.2) is 24.3 Å². The molecule has 4 rings (SSSR count).